The zero-order chi connectivity index (χ0) is 8.27. The second-order valence-electron chi connectivity index (χ2n) is 2.57. The summed E-state index contributed by atoms with van der Waals surface area (Å²) < 4.78 is 0. The molecular formula is C7H12N2O2. The Bertz CT molecular complexity index is 191. The van der Waals surface area contributed by atoms with Crippen molar-refractivity contribution in [2.45, 2.75) is 26.2 Å². The number of allylic oxidation sites excluding steroid dienone is 2. The van der Waals surface area contributed by atoms with E-state index in [0.717, 1.165) is 25.1 Å². The largest absolute Gasteiger partial charge is 0.383 e. The Labute approximate surface area is 65.4 Å². The van der Waals surface area contributed by atoms with Crippen LogP contribution < -0.4 is 5.32 Å². The van der Waals surface area contributed by atoms with Gasteiger partial charge in [-0.25, -0.2) is 0 Å². The van der Waals surface area contributed by atoms with Gasteiger partial charge in [-0.2, -0.15) is 0 Å². The highest BCUT2D eigenvalue weighted by molar-refractivity contribution is 5.08. The van der Waals surface area contributed by atoms with E-state index >= 15 is 0 Å². The van der Waals surface area contributed by atoms with Crippen molar-refractivity contribution in [1.82, 2.24) is 5.32 Å². The summed E-state index contributed by atoms with van der Waals surface area (Å²) >= 11 is 0. The highest BCUT2D eigenvalue weighted by atomic mass is 16.6. The van der Waals surface area contributed by atoms with Gasteiger partial charge < -0.3 is 5.32 Å². The summed E-state index contributed by atoms with van der Waals surface area (Å²) in [5.41, 5.74) is 1.18. The molecule has 4 heteroatoms. The second kappa shape index (κ2) is 3.37. The van der Waals surface area contributed by atoms with Crippen LogP contribution in [-0.4, -0.2) is 11.5 Å². The molecule has 0 aromatic carbocycles. The maximum absolute atomic E-state index is 10.4. The van der Waals surface area contributed by atoms with Gasteiger partial charge in [-0.1, -0.05) is 6.92 Å². The van der Waals surface area contributed by atoms with Crippen LogP contribution in [0.1, 0.15) is 26.2 Å². The Balaban J connectivity index is 2.78. The molecule has 0 saturated carbocycles. The van der Waals surface area contributed by atoms with Gasteiger partial charge in [-0.15, -0.1) is 0 Å². The van der Waals surface area contributed by atoms with E-state index in [9.17, 15) is 10.1 Å². The normalized spacial score (nSPS) is 21.2. The second-order valence-corrected chi connectivity index (χ2v) is 2.57. The van der Waals surface area contributed by atoms with E-state index in [4.69, 9.17) is 0 Å². The molecule has 11 heavy (non-hydrogen) atoms. The van der Waals surface area contributed by atoms with Gasteiger partial charge >= 0.3 is 0 Å². The maximum Gasteiger partial charge on any atom is 0.264 e. The van der Waals surface area contributed by atoms with E-state index < -0.39 is 0 Å². The summed E-state index contributed by atoms with van der Waals surface area (Å²) in [6, 6.07) is 0. The third-order valence-electron chi connectivity index (χ3n) is 1.85. The summed E-state index contributed by atoms with van der Waals surface area (Å²) in [4.78, 5) is 10.1. The highest BCUT2D eigenvalue weighted by Gasteiger charge is 2.18. The summed E-state index contributed by atoms with van der Waals surface area (Å²) in [5.74, 6) is 0. The Kier molecular flexibility index (Phi) is 2.46. The van der Waals surface area contributed by atoms with E-state index in [1.165, 1.54) is 0 Å². The fraction of sp³-hybridized carbons (Fsp3) is 0.714. The van der Waals surface area contributed by atoms with Gasteiger partial charge in [0.15, 0.2) is 0 Å². The predicted octanol–water partition coefficient (Wildman–Crippen LogP) is 1.27. The molecule has 0 amide bonds. The van der Waals surface area contributed by atoms with Crippen LogP contribution in [0.25, 0.3) is 0 Å². The molecule has 0 aliphatic carbocycles. The van der Waals surface area contributed by atoms with E-state index in [0.29, 0.717) is 12.1 Å². The fourth-order valence-electron chi connectivity index (χ4n) is 1.29. The van der Waals surface area contributed by atoms with Gasteiger partial charge in [0.2, 0.25) is 0 Å². The predicted molar refractivity (Wildman–Crippen MR) is 41.5 cm³/mol. The molecular weight excluding hydrogens is 144 g/mol. The van der Waals surface area contributed by atoms with Gasteiger partial charge in [0.25, 0.3) is 5.70 Å². The summed E-state index contributed by atoms with van der Waals surface area (Å²) in [7, 11) is 0. The quantitative estimate of drug-likeness (QED) is 0.483. The molecule has 1 aliphatic heterocycles. The van der Waals surface area contributed by atoms with E-state index in [1.807, 2.05) is 6.92 Å². The lowest BCUT2D eigenvalue weighted by Gasteiger charge is -1.99. The number of hydrogen-bond donors (Lipinski definition) is 1. The van der Waals surface area contributed by atoms with Gasteiger partial charge in [0, 0.05) is 13.0 Å². The van der Waals surface area contributed by atoms with Crippen molar-refractivity contribution in [2.75, 3.05) is 6.54 Å². The minimum absolute atomic E-state index is 0.284. The Morgan fingerprint density at radius 1 is 1.82 bits per heavy atom. The van der Waals surface area contributed by atoms with Crippen LogP contribution in [0.15, 0.2) is 11.4 Å². The van der Waals surface area contributed by atoms with Crippen LogP contribution in [0.4, 0.5) is 0 Å². The maximum atomic E-state index is 10.4. The lowest BCUT2D eigenvalue weighted by molar-refractivity contribution is -0.429. The van der Waals surface area contributed by atoms with Crippen molar-refractivity contribution in [2.24, 2.45) is 0 Å². The number of nitrogens with zero attached hydrogens (tertiary/aromatic N) is 1. The molecule has 0 bridgehead atoms. The van der Waals surface area contributed by atoms with Crippen molar-refractivity contribution >= 4 is 0 Å². The van der Waals surface area contributed by atoms with Crippen LogP contribution in [0.5, 0.6) is 0 Å². The molecule has 1 fully saturated rings. The van der Waals surface area contributed by atoms with Gasteiger partial charge in [0.05, 0.1) is 10.6 Å². The average Bonchev–Trinajstić information content (AvgIpc) is 2.40. The van der Waals surface area contributed by atoms with Gasteiger partial charge in [-0.05, 0) is 12.8 Å². The molecule has 4 nitrogen and oxygen atoms in total. The Morgan fingerprint density at radius 2 is 2.55 bits per heavy atom. The first-order chi connectivity index (χ1) is 5.25. The number of rotatable bonds is 2. The average molecular weight is 156 g/mol. The van der Waals surface area contributed by atoms with Gasteiger partial charge in [-0.3, -0.25) is 10.1 Å². The molecule has 1 N–H and O–H groups in total. The fourth-order valence-corrected chi connectivity index (χ4v) is 1.29. The zero-order valence-electron chi connectivity index (χ0n) is 6.59. The molecule has 1 rings (SSSR count). The van der Waals surface area contributed by atoms with Crippen LogP contribution in [-0.2, 0) is 0 Å². The van der Waals surface area contributed by atoms with Crippen molar-refractivity contribution in [3.8, 4) is 0 Å². The lowest BCUT2D eigenvalue weighted by atomic mass is 10.2. The molecule has 0 spiro atoms. The molecule has 0 atom stereocenters. The first-order valence-electron chi connectivity index (χ1n) is 3.86. The summed E-state index contributed by atoms with van der Waals surface area (Å²) in [5, 5.41) is 13.5. The standard InChI is InChI=1S/C7H12N2O2/c1-2-7(9(10)11)6-4-3-5-8-6/h8H,2-5H2,1H3. The third-order valence-corrected chi connectivity index (χ3v) is 1.85. The van der Waals surface area contributed by atoms with E-state index in [2.05, 4.69) is 5.32 Å². The molecule has 1 heterocycles. The first-order valence-corrected chi connectivity index (χ1v) is 3.86. The van der Waals surface area contributed by atoms with E-state index in [1.54, 1.807) is 0 Å². The van der Waals surface area contributed by atoms with Crippen LogP contribution >= 0.6 is 0 Å². The van der Waals surface area contributed by atoms with Gasteiger partial charge in [0.1, 0.15) is 0 Å². The Morgan fingerprint density at radius 3 is 2.91 bits per heavy atom. The van der Waals surface area contributed by atoms with Crippen LogP contribution in [0, 0.1) is 10.1 Å². The van der Waals surface area contributed by atoms with E-state index in [-0.39, 0.29) is 4.92 Å². The molecule has 62 valence electrons. The highest BCUT2D eigenvalue weighted by Crippen LogP contribution is 2.16. The van der Waals surface area contributed by atoms with Crippen molar-refractivity contribution in [3.05, 3.63) is 21.5 Å². The minimum Gasteiger partial charge on any atom is -0.383 e. The lowest BCUT2D eigenvalue weighted by Crippen LogP contribution is -2.11. The van der Waals surface area contributed by atoms with Crippen molar-refractivity contribution in [1.29, 1.82) is 0 Å². The topological polar surface area (TPSA) is 55.2 Å². The summed E-state index contributed by atoms with van der Waals surface area (Å²) in [6.45, 7) is 2.69. The monoisotopic (exact) mass is 156 g/mol. The molecule has 0 radical (unpaired) electrons. The van der Waals surface area contributed by atoms with Crippen molar-refractivity contribution in [3.63, 3.8) is 0 Å². The molecule has 0 unspecified atom stereocenters. The first kappa shape index (κ1) is 8.04. The number of hydrogen-bond acceptors (Lipinski definition) is 3. The smallest absolute Gasteiger partial charge is 0.264 e. The summed E-state index contributed by atoms with van der Waals surface area (Å²) in [6.07, 6.45) is 2.37. The van der Waals surface area contributed by atoms with Crippen LogP contribution in [0.3, 0.4) is 0 Å². The minimum atomic E-state index is -0.284. The number of nitro groups is 1. The zero-order valence-corrected chi connectivity index (χ0v) is 6.59. The number of nitrogens with one attached hydrogen (secondary N) is 1. The molecule has 1 aliphatic rings. The third kappa shape index (κ3) is 1.69. The molecule has 0 aromatic rings. The SMILES string of the molecule is CCC(=C1CCCN1)[N+](=O)[O-]. The molecule has 1 saturated heterocycles. The van der Waals surface area contributed by atoms with Crippen LogP contribution in [0.2, 0.25) is 0 Å². The Hall–Kier alpha value is -1.06. The molecule has 0 aromatic heterocycles. The van der Waals surface area contributed by atoms with Crippen molar-refractivity contribution < 1.29 is 4.92 Å².